The Morgan fingerprint density at radius 1 is 1.04 bits per heavy atom. The van der Waals surface area contributed by atoms with Crippen LogP contribution in [0.15, 0.2) is 53.4 Å². The molecule has 1 saturated heterocycles. The zero-order chi connectivity index (χ0) is 19.9. The number of thioether (sulfide) groups is 1. The van der Waals surface area contributed by atoms with Crippen molar-refractivity contribution in [2.24, 2.45) is 0 Å². The zero-order valence-electron chi connectivity index (χ0n) is 16.0. The number of amides is 1. The number of nitrogens with one attached hydrogen (secondary N) is 3. The minimum absolute atomic E-state index is 0.125. The molecule has 0 aromatic heterocycles. The molecule has 2 aromatic carbocycles. The maximum atomic E-state index is 12.7. The van der Waals surface area contributed by atoms with Gasteiger partial charge in [0.1, 0.15) is 32.7 Å². The highest BCUT2D eigenvalue weighted by Crippen LogP contribution is 2.31. The number of piperazine rings is 1. The van der Waals surface area contributed by atoms with Crippen LogP contribution in [0.3, 0.4) is 0 Å². The van der Waals surface area contributed by atoms with E-state index in [1.165, 1.54) is 20.9 Å². The van der Waals surface area contributed by atoms with E-state index >= 15 is 0 Å². The van der Waals surface area contributed by atoms with E-state index < -0.39 is 5.76 Å². The lowest BCUT2D eigenvalue weighted by molar-refractivity contribution is -1.02. The van der Waals surface area contributed by atoms with Crippen LogP contribution in [0.1, 0.15) is 11.1 Å². The van der Waals surface area contributed by atoms with Crippen molar-refractivity contribution in [3.63, 3.8) is 0 Å². The smallest absolute Gasteiger partial charge is 0.288 e. The number of alkyl halides is 2. The molecule has 1 aliphatic rings. The summed E-state index contributed by atoms with van der Waals surface area (Å²) in [5.74, 6) is -2.63. The molecule has 0 spiro atoms. The molecule has 1 aliphatic heterocycles. The first-order valence-corrected chi connectivity index (χ1v) is 10.4. The maximum absolute atomic E-state index is 12.7. The minimum atomic E-state index is -2.51. The van der Waals surface area contributed by atoms with Gasteiger partial charge in [-0.1, -0.05) is 48.2 Å². The average Bonchev–Trinajstić information content (AvgIpc) is 2.66. The van der Waals surface area contributed by atoms with Crippen molar-refractivity contribution in [3.8, 4) is 0 Å². The Balaban J connectivity index is 1.47. The number of anilines is 1. The number of quaternary nitrogens is 2. The van der Waals surface area contributed by atoms with Crippen molar-refractivity contribution in [1.29, 1.82) is 0 Å². The van der Waals surface area contributed by atoms with Gasteiger partial charge >= 0.3 is 0 Å². The summed E-state index contributed by atoms with van der Waals surface area (Å²) in [5, 5.41) is 2.80. The molecule has 7 heteroatoms. The van der Waals surface area contributed by atoms with Crippen molar-refractivity contribution >= 4 is 23.4 Å². The number of halogens is 2. The van der Waals surface area contributed by atoms with Crippen LogP contribution in [0.4, 0.5) is 14.5 Å². The molecule has 3 N–H and O–H groups in total. The largest absolute Gasteiger partial charge is 0.322 e. The fourth-order valence-electron chi connectivity index (χ4n) is 3.58. The van der Waals surface area contributed by atoms with Crippen molar-refractivity contribution in [1.82, 2.24) is 0 Å². The van der Waals surface area contributed by atoms with Crippen LogP contribution in [-0.2, 0) is 11.3 Å². The molecule has 1 amide bonds. The second-order valence-electron chi connectivity index (χ2n) is 7.20. The van der Waals surface area contributed by atoms with E-state index in [1.807, 2.05) is 0 Å². The molecule has 1 fully saturated rings. The summed E-state index contributed by atoms with van der Waals surface area (Å²) >= 11 is 0.457. The van der Waals surface area contributed by atoms with Gasteiger partial charge in [-0.15, -0.1) is 0 Å². The molecule has 0 aliphatic carbocycles. The van der Waals surface area contributed by atoms with Crippen LogP contribution in [0.5, 0.6) is 0 Å². The summed E-state index contributed by atoms with van der Waals surface area (Å²) in [5.41, 5.74) is 3.16. The minimum Gasteiger partial charge on any atom is -0.322 e. The normalized spacial score (nSPS) is 19.6. The fourth-order valence-corrected chi connectivity index (χ4v) is 4.17. The number of aryl methyl sites for hydroxylation is 1. The van der Waals surface area contributed by atoms with E-state index in [2.05, 4.69) is 36.5 Å². The zero-order valence-corrected chi connectivity index (χ0v) is 16.8. The topological polar surface area (TPSA) is 38.0 Å². The molecule has 0 unspecified atom stereocenters. The van der Waals surface area contributed by atoms with Crippen molar-refractivity contribution < 1.29 is 23.4 Å². The first-order valence-electron chi connectivity index (χ1n) is 9.56. The Kier molecular flexibility index (Phi) is 7.42. The lowest BCUT2D eigenvalue weighted by Gasteiger charge is -2.29. The highest BCUT2D eigenvalue weighted by Gasteiger charge is 2.25. The fraction of sp³-hybridized carbons (Fsp3) is 0.381. The Morgan fingerprint density at radius 2 is 1.68 bits per heavy atom. The molecule has 0 saturated carbocycles. The number of rotatable bonds is 7. The molecule has 4 nitrogen and oxygen atoms in total. The Hall–Kier alpha value is -1.96. The van der Waals surface area contributed by atoms with Crippen molar-refractivity contribution in [2.45, 2.75) is 24.1 Å². The van der Waals surface area contributed by atoms with E-state index in [9.17, 15) is 13.6 Å². The van der Waals surface area contributed by atoms with Crippen molar-refractivity contribution in [3.05, 3.63) is 59.7 Å². The molecule has 3 rings (SSSR count). The van der Waals surface area contributed by atoms with E-state index in [-0.39, 0.29) is 5.91 Å². The average molecular weight is 408 g/mol. The van der Waals surface area contributed by atoms with Gasteiger partial charge in [-0.05, 0) is 24.6 Å². The monoisotopic (exact) mass is 407 g/mol. The molecule has 0 atom stereocenters. The van der Waals surface area contributed by atoms with Crippen LogP contribution in [0, 0.1) is 6.92 Å². The second-order valence-corrected chi connectivity index (χ2v) is 8.23. The number of carbonyl (C=O) groups is 1. The summed E-state index contributed by atoms with van der Waals surface area (Å²) in [7, 11) is 0. The third-order valence-electron chi connectivity index (χ3n) is 5.15. The number of para-hydroxylation sites is 1. The summed E-state index contributed by atoms with van der Waals surface area (Å²) in [6, 6.07) is 15.2. The lowest BCUT2D eigenvalue weighted by atomic mass is 10.1. The molecule has 28 heavy (non-hydrogen) atoms. The predicted octanol–water partition coefficient (Wildman–Crippen LogP) is 1.23. The third kappa shape index (κ3) is 6.02. The summed E-state index contributed by atoms with van der Waals surface area (Å²) in [6.07, 6.45) is 0. The van der Waals surface area contributed by atoms with Gasteiger partial charge in [-0.25, -0.2) is 0 Å². The van der Waals surface area contributed by atoms with Crippen LogP contribution in [0.25, 0.3) is 0 Å². The molecule has 150 valence electrons. The Bertz CT molecular complexity index is 795. The lowest BCUT2D eigenvalue weighted by Crippen LogP contribution is -3.28. The van der Waals surface area contributed by atoms with E-state index in [0.29, 0.717) is 28.9 Å². The van der Waals surface area contributed by atoms with Crippen LogP contribution in [-0.4, -0.2) is 44.4 Å². The standard InChI is InChI=1S/C21H25F2N3OS/c1-16-6-2-3-7-17(16)14-25-10-12-26(13-11-25)15-20(27)24-18-8-4-5-9-19(18)28-21(22)23/h2-9,21H,10-15H2,1H3,(H,24,27)/p+2. The van der Waals surface area contributed by atoms with Gasteiger partial charge in [0, 0.05) is 10.5 Å². The number of benzene rings is 2. The third-order valence-corrected chi connectivity index (χ3v) is 5.94. The van der Waals surface area contributed by atoms with Gasteiger partial charge in [0.05, 0.1) is 5.69 Å². The highest BCUT2D eigenvalue weighted by atomic mass is 32.2. The molecule has 1 heterocycles. The van der Waals surface area contributed by atoms with E-state index in [0.717, 1.165) is 32.7 Å². The number of hydrogen-bond acceptors (Lipinski definition) is 2. The van der Waals surface area contributed by atoms with Gasteiger partial charge in [0.2, 0.25) is 0 Å². The van der Waals surface area contributed by atoms with Gasteiger partial charge in [0.25, 0.3) is 11.7 Å². The van der Waals surface area contributed by atoms with Crippen molar-refractivity contribution in [2.75, 3.05) is 38.0 Å². The van der Waals surface area contributed by atoms with Crippen LogP contribution < -0.4 is 15.1 Å². The van der Waals surface area contributed by atoms with Gasteiger partial charge in [-0.3, -0.25) is 4.79 Å². The molecule has 0 radical (unpaired) electrons. The van der Waals surface area contributed by atoms with Gasteiger partial charge in [0.15, 0.2) is 6.54 Å². The Morgan fingerprint density at radius 3 is 2.39 bits per heavy atom. The molecule has 2 aromatic rings. The first kappa shape index (κ1) is 20.8. The predicted molar refractivity (Wildman–Crippen MR) is 108 cm³/mol. The van der Waals surface area contributed by atoms with Gasteiger partial charge in [-0.2, -0.15) is 8.78 Å². The Labute approximate surface area is 168 Å². The summed E-state index contributed by atoms with van der Waals surface area (Å²) in [4.78, 5) is 15.6. The SMILES string of the molecule is Cc1ccccc1C[NH+]1CC[NH+](CC(=O)Nc2ccccc2SC(F)F)CC1. The first-order chi connectivity index (χ1) is 13.5. The van der Waals surface area contributed by atoms with E-state index in [4.69, 9.17) is 0 Å². The molecule has 0 bridgehead atoms. The summed E-state index contributed by atoms with van der Waals surface area (Å²) in [6.45, 7) is 7.44. The van der Waals surface area contributed by atoms with Gasteiger partial charge < -0.3 is 15.1 Å². The summed E-state index contributed by atoms with van der Waals surface area (Å²) < 4.78 is 25.3. The highest BCUT2D eigenvalue weighted by molar-refractivity contribution is 7.99. The molecular formula is C21H27F2N3OS+2. The quantitative estimate of drug-likeness (QED) is 0.604. The molecular weight excluding hydrogens is 380 g/mol. The number of hydrogen-bond donors (Lipinski definition) is 3. The maximum Gasteiger partial charge on any atom is 0.288 e. The second kappa shape index (κ2) is 10.0. The van der Waals surface area contributed by atoms with E-state index in [1.54, 1.807) is 24.3 Å². The van der Waals surface area contributed by atoms with Crippen LogP contribution >= 0.6 is 11.8 Å². The number of carbonyl (C=O) groups excluding carboxylic acids is 1. The van der Waals surface area contributed by atoms with Crippen LogP contribution in [0.2, 0.25) is 0 Å².